The van der Waals surface area contributed by atoms with E-state index in [-0.39, 0.29) is 28.4 Å². The van der Waals surface area contributed by atoms with Gasteiger partial charge in [-0.2, -0.15) is 0 Å². The second-order valence-corrected chi connectivity index (χ2v) is 15.1. The molecule has 0 heterocycles. The Morgan fingerprint density at radius 1 is 1.11 bits per heavy atom. The Bertz CT molecular complexity index is 550. The van der Waals surface area contributed by atoms with Crippen LogP contribution >= 0.6 is 0 Å². The fourth-order valence-corrected chi connectivity index (χ4v) is 4.30. The Labute approximate surface area is 174 Å². The van der Waals surface area contributed by atoms with Crippen LogP contribution < -0.4 is 0 Å². The largest absolute Gasteiger partial charge is 0.463 e. The predicted octanol–water partition coefficient (Wildman–Crippen LogP) is 5.88. The molecule has 28 heavy (non-hydrogen) atoms. The van der Waals surface area contributed by atoms with Crippen molar-refractivity contribution < 1.29 is 19.1 Å². The number of allylic oxidation sites excluding steroid dienone is 2. The fourth-order valence-electron chi connectivity index (χ4n) is 2.75. The molecular weight excluding hydrogens is 368 g/mol. The summed E-state index contributed by atoms with van der Waals surface area (Å²) in [5.74, 6) is -0.355. The van der Waals surface area contributed by atoms with Crippen molar-refractivity contribution in [1.29, 1.82) is 0 Å². The van der Waals surface area contributed by atoms with E-state index in [1.54, 1.807) is 13.0 Å². The molecule has 0 aliphatic carbocycles. The van der Waals surface area contributed by atoms with E-state index in [0.29, 0.717) is 13.0 Å². The zero-order valence-corrected chi connectivity index (χ0v) is 21.1. The number of hydrogen-bond acceptors (Lipinski definition) is 4. The summed E-state index contributed by atoms with van der Waals surface area (Å²) in [4.78, 5) is 11.4. The monoisotopic (exact) mass is 412 g/mol. The highest BCUT2D eigenvalue weighted by Crippen LogP contribution is 2.42. The van der Waals surface area contributed by atoms with Crippen molar-refractivity contribution in [2.45, 2.75) is 99.1 Å². The molecule has 0 aromatic heterocycles. The van der Waals surface area contributed by atoms with E-state index in [1.165, 1.54) is 6.08 Å². The molecular formula is C23H44O4Si. The summed E-state index contributed by atoms with van der Waals surface area (Å²) in [5.41, 5.74) is 0.857. The standard InChI is InChI=1S/C23H44O4Si/c1-12-26-20(25)16-14-17(2)13-15-19(24)18(3)21(22(4,5)6)27-28(10,11)23(7,8)9/h13-14,16,18-19,21,24H,12,15H2,1-11H3/b16-14+,17-13+/t18-,19+,21-/m0/s1. The molecule has 5 heteroatoms. The first-order valence-corrected chi connectivity index (χ1v) is 13.3. The number of carbonyl (C=O) groups is 1. The van der Waals surface area contributed by atoms with Gasteiger partial charge < -0.3 is 14.3 Å². The molecule has 1 N–H and O–H groups in total. The molecule has 3 atom stereocenters. The van der Waals surface area contributed by atoms with E-state index in [9.17, 15) is 9.90 Å². The van der Waals surface area contributed by atoms with E-state index in [4.69, 9.17) is 9.16 Å². The van der Waals surface area contributed by atoms with E-state index >= 15 is 0 Å². The van der Waals surface area contributed by atoms with Crippen LogP contribution in [0, 0.1) is 11.3 Å². The molecule has 0 amide bonds. The number of ether oxygens (including phenoxy) is 1. The number of hydrogen-bond donors (Lipinski definition) is 1. The van der Waals surface area contributed by atoms with Crippen LogP contribution in [0.3, 0.4) is 0 Å². The lowest BCUT2D eigenvalue weighted by Crippen LogP contribution is -2.51. The third-order valence-corrected chi connectivity index (χ3v) is 10.1. The van der Waals surface area contributed by atoms with Gasteiger partial charge in [0.15, 0.2) is 8.32 Å². The molecule has 0 aromatic rings. The highest BCUT2D eigenvalue weighted by Gasteiger charge is 2.44. The average Bonchev–Trinajstić information content (AvgIpc) is 2.53. The Kier molecular flexibility index (Phi) is 10.4. The first-order chi connectivity index (χ1) is 12.5. The molecule has 0 fully saturated rings. The molecule has 0 aliphatic rings. The molecule has 0 saturated heterocycles. The molecule has 164 valence electrons. The van der Waals surface area contributed by atoms with Gasteiger partial charge in [0.1, 0.15) is 0 Å². The van der Waals surface area contributed by atoms with Gasteiger partial charge in [-0.3, -0.25) is 0 Å². The van der Waals surface area contributed by atoms with Gasteiger partial charge in [-0.05, 0) is 43.8 Å². The van der Waals surface area contributed by atoms with Crippen molar-refractivity contribution in [3.63, 3.8) is 0 Å². The molecule has 0 saturated carbocycles. The maximum atomic E-state index is 11.4. The van der Waals surface area contributed by atoms with Crippen LogP contribution in [0.1, 0.15) is 68.7 Å². The minimum absolute atomic E-state index is 0.00721. The lowest BCUT2D eigenvalue weighted by Gasteiger charge is -2.46. The van der Waals surface area contributed by atoms with Crippen LogP contribution in [0.25, 0.3) is 0 Å². The zero-order valence-electron chi connectivity index (χ0n) is 20.1. The zero-order chi connectivity index (χ0) is 22.3. The van der Waals surface area contributed by atoms with Crippen LogP contribution in [0.15, 0.2) is 23.8 Å². The smallest absolute Gasteiger partial charge is 0.330 e. The highest BCUT2D eigenvalue weighted by molar-refractivity contribution is 6.74. The van der Waals surface area contributed by atoms with Gasteiger partial charge >= 0.3 is 5.97 Å². The van der Waals surface area contributed by atoms with E-state index in [0.717, 1.165) is 5.57 Å². The molecule has 0 spiro atoms. The molecule has 0 unspecified atom stereocenters. The third-order valence-electron chi connectivity index (χ3n) is 5.62. The predicted molar refractivity (Wildman–Crippen MR) is 121 cm³/mol. The van der Waals surface area contributed by atoms with Crippen molar-refractivity contribution in [1.82, 2.24) is 0 Å². The Morgan fingerprint density at radius 2 is 1.64 bits per heavy atom. The number of rotatable bonds is 9. The van der Waals surface area contributed by atoms with Crippen LogP contribution in [0.2, 0.25) is 18.1 Å². The second-order valence-electron chi connectivity index (χ2n) is 10.4. The maximum absolute atomic E-state index is 11.4. The summed E-state index contributed by atoms with van der Waals surface area (Å²) in [5, 5.41) is 11.0. The Hall–Kier alpha value is -0.913. The fraction of sp³-hybridized carbons (Fsp3) is 0.783. The Morgan fingerprint density at radius 3 is 2.07 bits per heavy atom. The first-order valence-electron chi connectivity index (χ1n) is 10.4. The summed E-state index contributed by atoms with van der Waals surface area (Å²) in [6.45, 7) is 23.9. The van der Waals surface area contributed by atoms with Gasteiger partial charge in [0, 0.05) is 12.0 Å². The number of aliphatic hydroxyl groups excluding tert-OH is 1. The third kappa shape index (κ3) is 9.06. The van der Waals surface area contributed by atoms with Gasteiger partial charge in [-0.25, -0.2) is 4.79 Å². The van der Waals surface area contributed by atoms with Crippen molar-refractivity contribution in [2.24, 2.45) is 11.3 Å². The highest BCUT2D eigenvalue weighted by atomic mass is 28.4. The normalized spacial score (nSPS) is 17.5. The lowest BCUT2D eigenvalue weighted by atomic mass is 9.79. The van der Waals surface area contributed by atoms with Crippen LogP contribution in [0.5, 0.6) is 0 Å². The molecule has 0 aromatic carbocycles. The van der Waals surface area contributed by atoms with Gasteiger partial charge in [0.2, 0.25) is 0 Å². The summed E-state index contributed by atoms with van der Waals surface area (Å²) in [6, 6.07) is 0. The van der Waals surface area contributed by atoms with Gasteiger partial charge in [0.05, 0.1) is 18.8 Å². The van der Waals surface area contributed by atoms with Crippen molar-refractivity contribution in [3.8, 4) is 0 Å². The quantitative estimate of drug-likeness (QED) is 0.222. The summed E-state index contributed by atoms with van der Waals surface area (Å²) in [7, 11) is -1.95. The first kappa shape index (κ1) is 27.1. The van der Waals surface area contributed by atoms with Gasteiger partial charge in [-0.15, -0.1) is 0 Å². The number of esters is 1. The molecule has 0 aliphatic heterocycles. The van der Waals surface area contributed by atoms with E-state index in [1.807, 2.05) is 13.0 Å². The molecule has 0 rings (SSSR count). The molecule has 0 bridgehead atoms. The average molecular weight is 413 g/mol. The van der Waals surface area contributed by atoms with E-state index < -0.39 is 14.4 Å². The van der Waals surface area contributed by atoms with Crippen LogP contribution in [0.4, 0.5) is 0 Å². The van der Waals surface area contributed by atoms with Gasteiger partial charge in [-0.1, -0.05) is 66.2 Å². The van der Waals surface area contributed by atoms with Crippen LogP contribution in [-0.2, 0) is 14.0 Å². The lowest BCUT2D eigenvalue weighted by molar-refractivity contribution is -0.137. The van der Waals surface area contributed by atoms with Gasteiger partial charge in [0.25, 0.3) is 0 Å². The molecule has 4 nitrogen and oxygen atoms in total. The maximum Gasteiger partial charge on any atom is 0.330 e. The minimum Gasteiger partial charge on any atom is -0.463 e. The summed E-state index contributed by atoms with van der Waals surface area (Å²) >= 11 is 0. The molecule has 0 radical (unpaired) electrons. The van der Waals surface area contributed by atoms with Crippen molar-refractivity contribution in [2.75, 3.05) is 6.61 Å². The minimum atomic E-state index is -1.95. The summed E-state index contributed by atoms with van der Waals surface area (Å²) in [6.07, 6.45) is 5.08. The van der Waals surface area contributed by atoms with Crippen LogP contribution in [-0.4, -0.2) is 38.2 Å². The Balaban J connectivity index is 5.22. The van der Waals surface area contributed by atoms with E-state index in [2.05, 4.69) is 61.6 Å². The SMILES string of the molecule is CCOC(=O)/C=C/C(C)=C/C[C@@H](O)[C@H](C)[C@H](O[Si](C)(C)C(C)(C)C)C(C)(C)C. The number of aliphatic hydroxyl groups is 1. The summed E-state index contributed by atoms with van der Waals surface area (Å²) < 4.78 is 11.6. The number of carbonyl (C=O) groups excluding carboxylic acids is 1. The second kappa shape index (κ2) is 10.7. The van der Waals surface area contributed by atoms with Crippen molar-refractivity contribution in [3.05, 3.63) is 23.8 Å². The van der Waals surface area contributed by atoms with Crippen molar-refractivity contribution >= 4 is 14.3 Å². The topological polar surface area (TPSA) is 55.8 Å².